The van der Waals surface area contributed by atoms with Crippen LogP contribution in [-0.4, -0.2) is 77.6 Å². The highest BCUT2D eigenvalue weighted by Crippen LogP contribution is 2.21. The molecule has 4 N–H and O–H groups in total. The van der Waals surface area contributed by atoms with E-state index in [-0.39, 0.29) is 6.61 Å². The number of aliphatic hydroxyl groups is 4. The van der Waals surface area contributed by atoms with Crippen LogP contribution in [0.1, 0.15) is 64.7 Å². The molecule has 0 aliphatic carbocycles. The Balaban J connectivity index is 1.97. The van der Waals surface area contributed by atoms with E-state index in [1.54, 1.807) is 6.08 Å². The van der Waals surface area contributed by atoms with Crippen molar-refractivity contribution in [3.8, 4) is 0 Å². The van der Waals surface area contributed by atoms with Crippen LogP contribution >= 0.6 is 0 Å². The number of rotatable bonds is 16. The summed E-state index contributed by atoms with van der Waals surface area (Å²) in [5.41, 5.74) is 0. The summed E-state index contributed by atoms with van der Waals surface area (Å²) >= 11 is 0. The molecule has 1 heterocycles. The van der Waals surface area contributed by atoms with E-state index in [1.807, 2.05) is 6.08 Å². The number of hydrogen-bond donors (Lipinski definition) is 4. The van der Waals surface area contributed by atoms with Crippen LogP contribution in [0.5, 0.6) is 0 Å². The van der Waals surface area contributed by atoms with Gasteiger partial charge in [-0.3, -0.25) is 0 Å². The highest BCUT2D eigenvalue weighted by molar-refractivity contribution is 4.89. The van der Waals surface area contributed by atoms with E-state index in [1.165, 1.54) is 51.4 Å². The molecule has 1 aliphatic rings. The summed E-state index contributed by atoms with van der Waals surface area (Å²) in [6, 6.07) is 0. The molecule has 1 fully saturated rings. The Kier molecular flexibility index (Phi) is 14.8. The lowest BCUT2D eigenvalue weighted by molar-refractivity contribution is -0.298. The maximum Gasteiger partial charge on any atom is 0.187 e. The van der Waals surface area contributed by atoms with Crippen LogP contribution in [0.4, 0.5) is 0 Å². The first-order valence-electron chi connectivity index (χ1n) is 10.8. The zero-order chi connectivity index (χ0) is 20.6. The van der Waals surface area contributed by atoms with E-state index >= 15 is 0 Å². The average molecular weight is 405 g/mol. The Morgan fingerprint density at radius 3 is 2.04 bits per heavy atom. The van der Waals surface area contributed by atoms with Gasteiger partial charge in [-0.15, -0.1) is 0 Å². The highest BCUT2D eigenvalue weighted by atomic mass is 16.7. The first-order chi connectivity index (χ1) is 13.6. The van der Waals surface area contributed by atoms with E-state index in [2.05, 4.69) is 6.92 Å². The summed E-state index contributed by atoms with van der Waals surface area (Å²) in [7, 11) is 0. The van der Waals surface area contributed by atoms with Crippen molar-refractivity contribution < 1.29 is 34.6 Å². The first kappa shape index (κ1) is 25.5. The molecule has 0 aromatic rings. The second kappa shape index (κ2) is 16.3. The van der Waals surface area contributed by atoms with Crippen molar-refractivity contribution >= 4 is 0 Å². The number of hydrogen-bond acceptors (Lipinski definition) is 7. The molecule has 1 rings (SSSR count). The minimum absolute atomic E-state index is 0.171. The summed E-state index contributed by atoms with van der Waals surface area (Å²) in [6.07, 6.45) is 8.98. The molecule has 28 heavy (non-hydrogen) atoms. The fourth-order valence-electron chi connectivity index (χ4n) is 3.16. The molecule has 5 atom stereocenters. The molecule has 166 valence electrons. The van der Waals surface area contributed by atoms with Crippen molar-refractivity contribution in [2.75, 3.05) is 26.4 Å². The highest BCUT2D eigenvalue weighted by Gasteiger charge is 2.43. The van der Waals surface area contributed by atoms with Crippen molar-refractivity contribution in [2.45, 2.75) is 95.4 Å². The number of aliphatic hydroxyl groups excluding tert-OH is 4. The SMILES string of the molecule is CCCCCCCCCCCOC/C=C\CO[C@H]1O[C@H](CO)[C@@H](O)[C@H](O)[C@@H]1O. The van der Waals surface area contributed by atoms with Crippen molar-refractivity contribution in [2.24, 2.45) is 0 Å². The van der Waals surface area contributed by atoms with E-state index < -0.39 is 37.3 Å². The van der Waals surface area contributed by atoms with Gasteiger partial charge < -0.3 is 34.6 Å². The van der Waals surface area contributed by atoms with Crippen LogP contribution < -0.4 is 0 Å². The van der Waals surface area contributed by atoms with Crippen LogP contribution in [0.15, 0.2) is 12.2 Å². The minimum Gasteiger partial charge on any atom is -0.394 e. The fraction of sp³-hybridized carbons (Fsp3) is 0.905. The predicted molar refractivity (Wildman–Crippen MR) is 107 cm³/mol. The van der Waals surface area contributed by atoms with E-state index in [0.717, 1.165) is 13.0 Å². The Morgan fingerprint density at radius 2 is 1.39 bits per heavy atom. The van der Waals surface area contributed by atoms with Gasteiger partial charge in [-0.05, 0) is 6.42 Å². The Hall–Kier alpha value is -0.540. The van der Waals surface area contributed by atoms with Gasteiger partial charge >= 0.3 is 0 Å². The Morgan fingerprint density at radius 1 is 0.786 bits per heavy atom. The summed E-state index contributed by atoms with van der Waals surface area (Å²) < 4.78 is 16.2. The molecule has 0 spiro atoms. The van der Waals surface area contributed by atoms with E-state index in [4.69, 9.17) is 19.3 Å². The second-order valence-corrected chi connectivity index (χ2v) is 7.41. The third-order valence-corrected chi connectivity index (χ3v) is 4.98. The summed E-state index contributed by atoms with van der Waals surface area (Å²) in [5.74, 6) is 0. The zero-order valence-corrected chi connectivity index (χ0v) is 17.2. The third-order valence-electron chi connectivity index (χ3n) is 4.98. The molecular formula is C21H40O7. The summed E-state index contributed by atoms with van der Waals surface area (Å²) in [6.45, 7) is 3.18. The van der Waals surface area contributed by atoms with Crippen LogP contribution in [-0.2, 0) is 14.2 Å². The zero-order valence-electron chi connectivity index (χ0n) is 17.2. The van der Waals surface area contributed by atoms with Gasteiger partial charge in [0.05, 0.1) is 19.8 Å². The minimum atomic E-state index is -1.42. The normalized spacial score (nSPS) is 28.2. The number of ether oxygens (including phenoxy) is 3. The lowest BCUT2D eigenvalue weighted by atomic mass is 9.99. The molecule has 0 radical (unpaired) electrons. The first-order valence-corrected chi connectivity index (χ1v) is 10.8. The quantitative estimate of drug-likeness (QED) is 0.230. The second-order valence-electron chi connectivity index (χ2n) is 7.41. The van der Waals surface area contributed by atoms with Crippen molar-refractivity contribution in [3.05, 3.63) is 12.2 Å². The van der Waals surface area contributed by atoms with Gasteiger partial charge in [-0.25, -0.2) is 0 Å². The maximum absolute atomic E-state index is 9.85. The maximum atomic E-state index is 9.85. The van der Waals surface area contributed by atoms with Crippen molar-refractivity contribution in [3.63, 3.8) is 0 Å². The molecule has 0 aromatic heterocycles. The average Bonchev–Trinajstić information content (AvgIpc) is 2.70. The van der Waals surface area contributed by atoms with Gasteiger partial charge in [0.25, 0.3) is 0 Å². The van der Waals surface area contributed by atoms with Crippen LogP contribution in [0.2, 0.25) is 0 Å². The topological polar surface area (TPSA) is 109 Å². The van der Waals surface area contributed by atoms with Crippen LogP contribution in [0, 0.1) is 0 Å². The molecule has 1 aliphatic heterocycles. The smallest absolute Gasteiger partial charge is 0.187 e. The fourth-order valence-corrected chi connectivity index (χ4v) is 3.16. The molecule has 0 saturated carbocycles. The van der Waals surface area contributed by atoms with Gasteiger partial charge in [-0.1, -0.05) is 70.4 Å². The number of unbranched alkanes of at least 4 members (excludes halogenated alkanes) is 8. The van der Waals surface area contributed by atoms with Crippen molar-refractivity contribution in [1.29, 1.82) is 0 Å². The Bertz CT molecular complexity index is 389. The van der Waals surface area contributed by atoms with Gasteiger partial charge in [0.2, 0.25) is 0 Å². The van der Waals surface area contributed by atoms with Gasteiger partial charge in [0.15, 0.2) is 6.29 Å². The molecule has 1 saturated heterocycles. The molecule has 7 nitrogen and oxygen atoms in total. The molecule has 0 bridgehead atoms. The van der Waals surface area contributed by atoms with E-state index in [9.17, 15) is 15.3 Å². The summed E-state index contributed by atoms with van der Waals surface area (Å²) in [5, 5.41) is 38.4. The molecule has 0 unspecified atom stereocenters. The largest absolute Gasteiger partial charge is 0.394 e. The van der Waals surface area contributed by atoms with Gasteiger partial charge in [-0.2, -0.15) is 0 Å². The lowest BCUT2D eigenvalue weighted by Crippen LogP contribution is -2.59. The lowest BCUT2D eigenvalue weighted by Gasteiger charge is -2.39. The standard InChI is InChI=1S/C21H40O7/c1-2-3-4-5-6-7-8-9-10-13-26-14-11-12-15-27-21-20(25)19(24)18(23)17(16-22)28-21/h11-12,17-25H,2-10,13-16H2,1H3/b12-11-/t17-,18-,19+,20+,21+/m1/s1. The molecule has 0 amide bonds. The van der Waals surface area contributed by atoms with Crippen molar-refractivity contribution in [1.82, 2.24) is 0 Å². The van der Waals surface area contributed by atoms with Crippen LogP contribution in [0.3, 0.4) is 0 Å². The van der Waals surface area contributed by atoms with Crippen LogP contribution in [0.25, 0.3) is 0 Å². The summed E-state index contributed by atoms with van der Waals surface area (Å²) in [4.78, 5) is 0. The molecular weight excluding hydrogens is 364 g/mol. The Labute approximate surface area is 169 Å². The predicted octanol–water partition coefficient (Wildman–Crippen LogP) is 1.91. The van der Waals surface area contributed by atoms with Gasteiger partial charge in [0, 0.05) is 6.61 Å². The third kappa shape index (κ3) is 10.3. The van der Waals surface area contributed by atoms with E-state index in [0.29, 0.717) is 6.61 Å². The molecule has 0 aromatic carbocycles. The van der Waals surface area contributed by atoms with Gasteiger partial charge in [0.1, 0.15) is 24.4 Å². The monoisotopic (exact) mass is 404 g/mol. The molecule has 7 heteroatoms.